The summed E-state index contributed by atoms with van der Waals surface area (Å²) in [7, 11) is 4.29. The summed E-state index contributed by atoms with van der Waals surface area (Å²) in [5.74, 6) is 0.158. The first-order valence-electron chi connectivity index (χ1n) is 9.95. The van der Waals surface area contributed by atoms with E-state index in [9.17, 15) is 4.79 Å². The number of aromatic nitrogens is 1. The quantitative estimate of drug-likeness (QED) is 0.634. The molecule has 148 valence electrons. The molecule has 0 unspecified atom stereocenters. The summed E-state index contributed by atoms with van der Waals surface area (Å²) in [6.07, 6.45) is 2.23. The highest BCUT2D eigenvalue weighted by atomic mass is 32.1. The number of quaternary nitrogens is 1. The molecule has 3 rings (SSSR count). The van der Waals surface area contributed by atoms with Crippen molar-refractivity contribution >= 4 is 32.6 Å². The summed E-state index contributed by atoms with van der Waals surface area (Å²) >= 11 is 1.63. The molecule has 0 spiro atoms. The third-order valence-electron chi connectivity index (χ3n) is 4.88. The molecule has 0 fully saturated rings. The zero-order chi connectivity index (χ0) is 20.1. The average Bonchev–Trinajstić information content (AvgIpc) is 3.08. The summed E-state index contributed by atoms with van der Waals surface area (Å²) in [5.41, 5.74) is 4.62. The third kappa shape index (κ3) is 5.18. The average molecular weight is 397 g/mol. The Hall–Kier alpha value is -2.24. The van der Waals surface area contributed by atoms with E-state index in [2.05, 4.69) is 52.2 Å². The number of nitrogens with zero attached hydrogens (tertiary/aromatic N) is 2. The largest absolute Gasteiger partial charge is 0.340 e. The molecule has 0 aliphatic rings. The number of hydrogen-bond donors (Lipinski definition) is 1. The molecule has 5 heteroatoms. The predicted octanol–water partition coefficient (Wildman–Crippen LogP) is 3.41. The van der Waals surface area contributed by atoms with Crippen LogP contribution in [-0.2, 0) is 11.2 Å². The number of hydrogen-bond acceptors (Lipinski definition) is 3. The van der Waals surface area contributed by atoms with Crippen LogP contribution in [0.1, 0.15) is 29.5 Å². The second-order valence-corrected chi connectivity index (χ2v) is 8.78. The number of amides is 1. The fourth-order valence-corrected chi connectivity index (χ4v) is 4.61. The molecular weight excluding hydrogens is 366 g/mol. The van der Waals surface area contributed by atoms with Crippen LogP contribution in [0, 0.1) is 13.8 Å². The molecule has 1 amide bonds. The number of carbonyl (C=O) groups is 1. The van der Waals surface area contributed by atoms with Crippen LogP contribution in [0.2, 0.25) is 0 Å². The van der Waals surface area contributed by atoms with E-state index >= 15 is 0 Å². The van der Waals surface area contributed by atoms with Gasteiger partial charge in [0.05, 0.1) is 30.9 Å². The normalized spacial score (nSPS) is 11.3. The van der Waals surface area contributed by atoms with E-state index in [0.717, 1.165) is 41.3 Å². The Balaban J connectivity index is 1.81. The van der Waals surface area contributed by atoms with Crippen LogP contribution in [0.15, 0.2) is 42.5 Å². The lowest BCUT2D eigenvalue weighted by molar-refractivity contribution is -0.858. The van der Waals surface area contributed by atoms with Crippen LogP contribution in [0.4, 0.5) is 5.13 Å². The van der Waals surface area contributed by atoms with Gasteiger partial charge in [0, 0.05) is 19.4 Å². The number of nitrogens with one attached hydrogen (secondary N) is 1. The van der Waals surface area contributed by atoms with Gasteiger partial charge in [-0.1, -0.05) is 47.7 Å². The Kier molecular flexibility index (Phi) is 6.81. The molecule has 0 aliphatic carbocycles. The maximum atomic E-state index is 13.1. The van der Waals surface area contributed by atoms with E-state index in [1.54, 1.807) is 11.3 Å². The molecule has 4 nitrogen and oxygen atoms in total. The molecule has 0 atom stereocenters. The van der Waals surface area contributed by atoms with E-state index in [0.29, 0.717) is 6.42 Å². The summed E-state index contributed by atoms with van der Waals surface area (Å²) in [5, 5.41) is 0.829. The lowest BCUT2D eigenvalue weighted by Crippen LogP contribution is -3.05. The fraction of sp³-hybridized carbons (Fsp3) is 0.391. The molecule has 28 heavy (non-hydrogen) atoms. The number of carbonyl (C=O) groups excluding carboxylic acids is 1. The molecule has 2 aromatic carbocycles. The first kappa shape index (κ1) is 20.5. The highest BCUT2D eigenvalue weighted by molar-refractivity contribution is 7.22. The Morgan fingerprint density at radius 1 is 1.14 bits per heavy atom. The Morgan fingerprint density at radius 3 is 2.61 bits per heavy atom. The summed E-state index contributed by atoms with van der Waals surface area (Å²) < 4.78 is 1.16. The minimum absolute atomic E-state index is 0.158. The number of thiazole rings is 1. The van der Waals surface area contributed by atoms with Gasteiger partial charge in [0.1, 0.15) is 0 Å². The van der Waals surface area contributed by atoms with Crippen LogP contribution >= 0.6 is 11.3 Å². The van der Waals surface area contributed by atoms with E-state index in [1.165, 1.54) is 21.6 Å². The minimum Gasteiger partial charge on any atom is -0.340 e. The van der Waals surface area contributed by atoms with Crippen molar-refractivity contribution in [3.8, 4) is 0 Å². The van der Waals surface area contributed by atoms with Crippen molar-refractivity contribution in [2.45, 2.75) is 33.1 Å². The van der Waals surface area contributed by atoms with E-state index in [-0.39, 0.29) is 5.91 Å². The highest BCUT2D eigenvalue weighted by Crippen LogP contribution is 2.32. The van der Waals surface area contributed by atoms with Crippen LogP contribution in [0.5, 0.6) is 0 Å². The van der Waals surface area contributed by atoms with Crippen molar-refractivity contribution in [3.63, 3.8) is 0 Å². The maximum absolute atomic E-state index is 13.1. The SMILES string of the molecule is Cc1cc(C)c2nc(N(CCC[NH+](C)C)C(=O)CCc3ccccc3)sc2c1. The van der Waals surface area contributed by atoms with Crippen LogP contribution < -0.4 is 9.80 Å². The van der Waals surface area contributed by atoms with Crippen molar-refractivity contribution in [1.29, 1.82) is 0 Å². The van der Waals surface area contributed by atoms with Crippen molar-refractivity contribution in [3.05, 3.63) is 59.2 Å². The number of rotatable bonds is 8. The van der Waals surface area contributed by atoms with Gasteiger partial charge in [-0.25, -0.2) is 4.98 Å². The molecule has 0 aliphatic heterocycles. The molecule has 1 N–H and O–H groups in total. The first-order chi connectivity index (χ1) is 13.4. The Morgan fingerprint density at radius 2 is 1.89 bits per heavy atom. The van der Waals surface area contributed by atoms with Gasteiger partial charge >= 0.3 is 0 Å². The topological polar surface area (TPSA) is 37.6 Å². The fourth-order valence-electron chi connectivity index (χ4n) is 3.42. The second kappa shape index (κ2) is 9.30. The molecule has 3 aromatic rings. The van der Waals surface area contributed by atoms with Crippen LogP contribution in [-0.4, -0.2) is 38.1 Å². The van der Waals surface area contributed by atoms with Gasteiger partial charge in [-0.05, 0) is 43.0 Å². The smallest absolute Gasteiger partial charge is 0.229 e. The van der Waals surface area contributed by atoms with E-state index in [4.69, 9.17) is 4.98 Å². The van der Waals surface area contributed by atoms with E-state index < -0.39 is 0 Å². The molecule has 0 saturated heterocycles. The first-order valence-corrected chi connectivity index (χ1v) is 10.8. The Labute approximate surface area is 171 Å². The van der Waals surface area contributed by atoms with Gasteiger partial charge in [-0.2, -0.15) is 0 Å². The summed E-state index contributed by atoms with van der Waals surface area (Å²) in [6.45, 7) is 5.95. The highest BCUT2D eigenvalue weighted by Gasteiger charge is 2.20. The number of benzene rings is 2. The zero-order valence-electron chi connectivity index (χ0n) is 17.3. The van der Waals surface area contributed by atoms with E-state index in [1.807, 2.05) is 23.1 Å². The summed E-state index contributed by atoms with van der Waals surface area (Å²) in [6, 6.07) is 14.5. The monoisotopic (exact) mass is 396 g/mol. The van der Waals surface area contributed by atoms with Gasteiger partial charge in [0.25, 0.3) is 0 Å². The second-order valence-electron chi connectivity index (χ2n) is 7.77. The van der Waals surface area contributed by atoms with Gasteiger partial charge < -0.3 is 4.90 Å². The van der Waals surface area contributed by atoms with Crippen molar-refractivity contribution < 1.29 is 9.69 Å². The van der Waals surface area contributed by atoms with Crippen LogP contribution in [0.3, 0.4) is 0 Å². The molecule has 0 saturated carbocycles. The molecular formula is C23H30N3OS+. The predicted molar refractivity (Wildman–Crippen MR) is 119 cm³/mol. The zero-order valence-corrected chi connectivity index (χ0v) is 18.1. The standard InChI is InChI=1S/C23H29N3OS/c1-17-15-18(2)22-20(16-17)28-23(24-22)26(14-8-13-25(3)4)21(27)12-11-19-9-6-5-7-10-19/h5-7,9-10,15-16H,8,11-14H2,1-4H3/p+1. The third-order valence-corrected chi connectivity index (χ3v) is 5.90. The lowest BCUT2D eigenvalue weighted by atomic mass is 10.1. The maximum Gasteiger partial charge on any atom is 0.229 e. The van der Waals surface area contributed by atoms with Gasteiger partial charge in [-0.15, -0.1) is 0 Å². The van der Waals surface area contributed by atoms with Crippen LogP contribution in [0.25, 0.3) is 10.2 Å². The van der Waals surface area contributed by atoms with Crippen molar-refractivity contribution in [2.75, 3.05) is 32.1 Å². The minimum atomic E-state index is 0.158. The van der Waals surface area contributed by atoms with Gasteiger partial charge in [-0.3, -0.25) is 9.69 Å². The van der Waals surface area contributed by atoms with Gasteiger partial charge in [0.15, 0.2) is 5.13 Å². The summed E-state index contributed by atoms with van der Waals surface area (Å²) in [4.78, 5) is 21.3. The lowest BCUT2D eigenvalue weighted by Gasteiger charge is -2.20. The molecule has 1 aromatic heterocycles. The number of anilines is 1. The molecule has 1 heterocycles. The van der Waals surface area contributed by atoms with Gasteiger partial charge in [0.2, 0.25) is 5.91 Å². The number of fused-ring (bicyclic) bond motifs is 1. The Bertz CT molecular complexity index is 934. The molecule has 0 radical (unpaired) electrons. The van der Waals surface area contributed by atoms with Crippen molar-refractivity contribution in [2.24, 2.45) is 0 Å². The number of aryl methyl sites for hydroxylation is 3. The van der Waals surface area contributed by atoms with Crippen molar-refractivity contribution in [1.82, 2.24) is 4.98 Å². The molecule has 0 bridgehead atoms.